The molecule has 0 radical (unpaired) electrons. The van der Waals surface area contributed by atoms with Crippen LogP contribution in [0.25, 0.3) is 10.1 Å². The lowest BCUT2D eigenvalue weighted by molar-refractivity contribution is -0.121. The van der Waals surface area contributed by atoms with Gasteiger partial charge in [-0.15, -0.1) is 11.3 Å². The zero-order chi connectivity index (χ0) is 21.3. The van der Waals surface area contributed by atoms with Crippen molar-refractivity contribution in [1.29, 1.82) is 0 Å². The van der Waals surface area contributed by atoms with E-state index < -0.39 is 34.4 Å². The van der Waals surface area contributed by atoms with Gasteiger partial charge in [0.05, 0.1) is 16.8 Å². The van der Waals surface area contributed by atoms with Gasteiger partial charge in [0.15, 0.2) is 16.4 Å². The fourth-order valence-electron chi connectivity index (χ4n) is 3.24. The molecule has 1 aliphatic rings. The van der Waals surface area contributed by atoms with Crippen molar-refractivity contribution in [3.8, 4) is 0 Å². The number of thiophene rings is 1. The third-order valence-corrected chi connectivity index (χ3v) is 7.63. The maximum absolute atomic E-state index is 12.9. The minimum Gasteiger partial charge on any atom is -0.451 e. The first-order valence-corrected chi connectivity index (χ1v) is 11.9. The summed E-state index contributed by atoms with van der Waals surface area (Å²) in [5, 5.41) is 2.14. The highest BCUT2D eigenvalue weighted by Gasteiger charge is 2.32. The fraction of sp³-hybridized carbons (Fsp3) is 0.143. The number of hydrogen-bond donors (Lipinski definition) is 0. The van der Waals surface area contributed by atoms with E-state index in [2.05, 4.69) is 0 Å². The summed E-state index contributed by atoms with van der Waals surface area (Å²) in [5.74, 6) is -1.44. The number of ether oxygens (including phenoxy) is 1. The predicted octanol–water partition coefficient (Wildman–Crippen LogP) is 4.06. The van der Waals surface area contributed by atoms with Gasteiger partial charge in [-0.05, 0) is 24.3 Å². The minimum absolute atomic E-state index is 0.219. The number of carbonyl (C=O) groups is 2. The number of hydrogen-bond acceptors (Lipinski definition) is 6. The van der Waals surface area contributed by atoms with Gasteiger partial charge in [0.2, 0.25) is 0 Å². The first kappa shape index (κ1) is 20.6. The first-order valence-electron chi connectivity index (χ1n) is 8.98. The Morgan fingerprint density at radius 3 is 2.47 bits per heavy atom. The summed E-state index contributed by atoms with van der Waals surface area (Å²) < 4.78 is 29.8. The van der Waals surface area contributed by atoms with Crippen LogP contribution in [0.4, 0.5) is 5.69 Å². The second-order valence-corrected chi connectivity index (χ2v) is 10.0. The summed E-state index contributed by atoms with van der Waals surface area (Å²) in [5.41, 5.74) is 0.519. The summed E-state index contributed by atoms with van der Waals surface area (Å²) in [6.45, 7) is -0.539. The molecule has 3 aromatic rings. The molecule has 1 aromatic heterocycles. The highest BCUT2D eigenvalue weighted by Crippen LogP contribution is 2.35. The van der Waals surface area contributed by atoms with Crippen molar-refractivity contribution in [3.63, 3.8) is 0 Å². The molecule has 2 aromatic carbocycles. The van der Waals surface area contributed by atoms with Gasteiger partial charge in [0.25, 0.3) is 5.91 Å². The molecule has 0 spiro atoms. The predicted molar refractivity (Wildman–Crippen MR) is 118 cm³/mol. The molecule has 1 atom stereocenters. The molecule has 1 amide bonds. The van der Waals surface area contributed by atoms with Crippen molar-refractivity contribution in [3.05, 3.63) is 76.0 Å². The number of anilines is 1. The van der Waals surface area contributed by atoms with Crippen LogP contribution in [0, 0.1) is 0 Å². The van der Waals surface area contributed by atoms with Crippen LogP contribution in [0.1, 0.15) is 9.67 Å². The number of rotatable bonds is 5. The third-order valence-electron chi connectivity index (χ3n) is 4.59. The molecule has 154 valence electrons. The van der Waals surface area contributed by atoms with Gasteiger partial charge in [0, 0.05) is 21.2 Å². The van der Waals surface area contributed by atoms with E-state index in [0.717, 1.165) is 15.5 Å². The normalized spacial score (nSPS) is 17.2. The lowest BCUT2D eigenvalue weighted by atomic mass is 10.2. The Morgan fingerprint density at radius 2 is 1.80 bits per heavy atom. The van der Waals surface area contributed by atoms with E-state index in [1.807, 2.05) is 18.2 Å². The zero-order valence-corrected chi connectivity index (χ0v) is 17.9. The second kappa shape index (κ2) is 8.22. The Hall–Kier alpha value is -2.68. The van der Waals surface area contributed by atoms with Gasteiger partial charge in [-0.2, -0.15) is 0 Å². The highest BCUT2D eigenvalue weighted by molar-refractivity contribution is 7.94. The van der Waals surface area contributed by atoms with Crippen molar-refractivity contribution in [2.24, 2.45) is 0 Å². The maximum Gasteiger partial charge on any atom is 0.350 e. The molecule has 1 aliphatic heterocycles. The van der Waals surface area contributed by atoms with Gasteiger partial charge < -0.3 is 9.64 Å². The van der Waals surface area contributed by atoms with Gasteiger partial charge in [-0.25, -0.2) is 13.2 Å². The minimum atomic E-state index is -3.37. The van der Waals surface area contributed by atoms with Crippen molar-refractivity contribution in [2.45, 2.75) is 6.04 Å². The number of amides is 1. The standard InChI is InChI=1S/C21H16ClNO5S2/c22-19-16-8-4-5-9-17(16)29-20(19)21(25)28-12-18(24)23(14-6-2-1-3-7-14)15-10-11-30(26,27)13-15/h1-11,15H,12-13H2. The van der Waals surface area contributed by atoms with Gasteiger partial charge in [-0.3, -0.25) is 4.79 Å². The molecule has 9 heteroatoms. The smallest absolute Gasteiger partial charge is 0.350 e. The van der Waals surface area contributed by atoms with Gasteiger partial charge in [-0.1, -0.05) is 48.0 Å². The number of para-hydroxylation sites is 1. The van der Waals surface area contributed by atoms with Crippen LogP contribution in [0.2, 0.25) is 5.02 Å². The molecule has 4 rings (SSSR count). The fourth-order valence-corrected chi connectivity index (χ4v) is 5.91. The molecular weight excluding hydrogens is 446 g/mol. The summed E-state index contributed by atoms with van der Waals surface area (Å²) in [6, 6.07) is 15.3. The van der Waals surface area contributed by atoms with Crippen LogP contribution in [0.5, 0.6) is 0 Å². The Balaban J connectivity index is 1.53. The van der Waals surface area contributed by atoms with E-state index in [9.17, 15) is 18.0 Å². The van der Waals surface area contributed by atoms with Crippen LogP contribution >= 0.6 is 22.9 Å². The Bertz CT molecular complexity index is 1250. The molecule has 30 heavy (non-hydrogen) atoms. The monoisotopic (exact) mass is 461 g/mol. The van der Waals surface area contributed by atoms with E-state index in [1.54, 1.807) is 36.4 Å². The third kappa shape index (κ3) is 4.12. The Labute approximate surface area is 182 Å². The molecular formula is C21H16ClNO5S2. The van der Waals surface area contributed by atoms with Crippen molar-refractivity contribution < 1.29 is 22.7 Å². The number of carbonyl (C=O) groups excluding carboxylic acids is 2. The molecule has 0 bridgehead atoms. The molecule has 0 aliphatic carbocycles. The van der Waals surface area contributed by atoms with E-state index in [-0.39, 0.29) is 15.7 Å². The van der Waals surface area contributed by atoms with Crippen LogP contribution in [-0.2, 0) is 19.4 Å². The van der Waals surface area contributed by atoms with E-state index in [1.165, 1.54) is 22.3 Å². The summed E-state index contributed by atoms with van der Waals surface area (Å²) in [7, 11) is -3.37. The topological polar surface area (TPSA) is 80.8 Å². The van der Waals surface area contributed by atoms with Crippen molar-refractivity contribution >= 4 is 60.4 Å². The quantitative estimate of drug-likeness (QED) is 0.535. The summed E-state index contributed by atoms with van der Waals surface area (Å²) in [4.78, 5) is 27.0. The molecule has 6 nitrogen and oxygen atoms in total. The lowest BCUT2D eigenvalue weighted by Crippen LogP contribution is -2.43. The molecule has 1 unspecified atom stereocenters. The van der Waals surface area contributed by atoms with Crippen molar-refractivity contribution in [1.82, 2.24) is 0 Å². The van der Waals surface area contributed by atoms with Gasteiger partial charge in [0.1, 0.15) is 4.88 Å². The van der Waals surface area contributed by atoms with Crippen LogP contribution in [-0.4, -0.2) is 38.7 Å². The first-order chi connectivity index (χ1) is 14.4. The molecule has 2 heterocycles. The second-order valence-electron chi connectivity index (χ2n) is 6.64. The van der Waals surface area contributed by atoms with Gasteiger partial charge >= 0.3 is 5.97 Å². The summed E-state index contributed by atoms with van der Waals surface area (Å²) >= 11 is 7.49. The molecule has 0 saturated carbocycles. The number of sulfone groups is 1. The largest absolute Gasteiger partial charge is 0.451 e. The number of esters is 1. The Kier molecular flexibility index (Phi) is 5.64. The maximum atomic E-state index is 12.9. The summed E-state index contributed by atoms with van der Waals surface area (Å²) in [6.07, 6.45) is 1.46. The molecule has 0 saturated heterocycles. The van der Waals surface area contributed by atoms with E-state index in [4.69, 9.17) is 16.3 Å². The average molecular weight is 462 g/mol. The van der Waals surface area contributed by atoms with Crippen molar-refractivity contribution in [2.75, 3.05) is 17.3 Å². The number of fused-ring (bicyclic) bond motifs is 1. The SMILES string of the molecule is O=C(OCC(=O)N(c1ccccc1)C1C=CS(=O)(=O)C1)c1sc2ccccc2c1Cl. The average Bonchev–Trinajstić information content (AvgIpc) is 3.26. The molecule has 0 N–H and O–H groups in total. The Morgan fingerprint density at radius 1 is 1.10 bits per heavy atom. The zero-order valence-electron chi connectivity index (χ0n) is 15.5. The van der Waals surface area contributed by atoms with E-state index >= 15 is 0 Å². The van der Waals surface area contributed by atoms with Crippen LogP contribution in [0.15, 0.2) is 66.1 Å². The van der Waals surface area contributed by atoms with Crippen LogP contribution < -0.4 is 4.90 Å². The number of halogens is 1. The highest BCUT2D eigenvalue weighted by atomic mass is 35.5. The number of benzene rings is 2. The van der Waals surface area contributed by atoms with Crippen LogP contribution in [0.3, 0.4) is 0 Å². The number of nitrogens with zero attached hydrogens (tertiary/aromatic N) is 1. The lowest BCUT2D eigenvalue weighted by Gasteiger charge is -2.27. The molecule has 0 fully saturated rings. The van der Waals surface area contributed by atoms with E-state index in [0.29, 0.717) is 5.69 Å².